The minimum Gasteiger partial charge on any atom is -0.396 e. The molecule has 1 aromatic rings. The highest BCUT2D eigenvalue weighted by Gasteiger charge is 2.17. The van der Waals surface area contributed by atoms with Gasteiger partial charge in [0.25, 0.3) is 0 Å². The summed E-state index contributed by atoms with van der Waals surface area (Å²) in [5.41, 5.74) is 0.325. The summed E-state index contributed by atoms with van der Waals surface area (Å²) in [4.78, 5) is 11.6. The van der Waals surface area contributed by atoms with E-state index in [2.05, 4.69) is 0 Å². The zero-order chi connectivity index (χ0) is 10.6. The third-order valence-electron chi connectivity index (χ3n) is 2.19. The van der Waals surface area contributed by atoms with Crippen molar-refractivity contribution < 1.29 is 14.3 Å². The second kappa shape index (κ2) is 4.86. The number of carbonyl (C=O) groups excluding carboxylic acids is 1. The number of Topliss-reactive ketones (excluding diaryl/α,β-unsaturated/α-hetero) is 1. The second-order valence-corrected chi connectivity index (χ2v) is 3.16. The highest BCUT2D eigenvalue weighted by molar-refractivity contribution is 5.97. The van der Waals surface area contributed by atoms with Crippen LogP contribution in [0.1, 0.15) is 23.7 Å². The normalized spacial score (nSPS) is 12.5. The highest BCUT2D eigenvalue weighted by Crippen LogP contribution is 2.12. The Balaban J connectivity index is 2.88. The van der Waals surface area contributed by atoms with Crippen LogP contribution >= 0.6 is 0 Å². The topological polar surface area (TPSA) is 37.3 Å². The fourth-order valence-electron chi connectivity index (χ4n) is 1.27. The Morgan fingerprint density at radius 1 is 1.57 bits per heavy atom. The van der Waals surface area contributed by atoms with E-state index in [1.807, 2.05) is 6.92 Å². The molecule has 1 aromatic carbocycles. The molecule has 1 rings (SSSR count). The third-order valence-corrected chi connectivity index (χ3v) is 2.19. The summed E-state index contributed by atoms with van der Waals surface area (Å²) in [5.74, 6) is -1.05. The lowest BCUT2D eigenvalue weighted by atomic mass is 9.96. The van der Waals surface area contributed by atoms with Crippen LogP contribution in [0.25, 0.3) is 0 Å². The smallest absolute Gasteiger partial charge is 0.168 e. The van der Waals surface area contributed by atoms with Gasteiger partial charge in [-0.1, -0.05) is 19.1 Å². The van der Waals surface area contributed by atoms with Gasteiger partial charge in [-0.05, 0) is 18.6 Å². The molecule has 0 heterocycles. The molecule has 0 aliphatic carbocycles. The van der Waals surface area contributed by atoms with Crippen LogP contribution in [0.15, 0.2) is 24.3 Å². The lowest BCUT2D eigenvalue weighted by Crippen LogP contribution is -2.17. The minimum absolute atomic E-state index is 0.189. The van der Waals surface area contributed by atoms with Crippen molar-refractivity contribution in [1.82, 2.24) is 0 Å². The number of hydrogen-bond acceptors (Lipinski definition) is 2. The molecule has 0 bridgehead atoms. The van der Waals surface area contributed by atoms with Gasteiger partial charge in [0.2, 0.25) is 0 Å². The van der Waals surface area contributed by atoms with E-state index in [1.165, 1.54) is 18.2 Å². The van der Waals surface area contributed by atoms with Crippen molar-refractivity contribution in [1.29, 1.82) is 0 Å². The first-order chi connectivity index (χ1) is 6.69. The van der Waals surface area contributed by atoms with Gasteiger partial charge in [-0.2, -0.15) is 0 Å². The van der Waals surface area contributed by atoms with E-state index >= 15 is 0 Å². The minimum atomic E-state index is -0.427. The Bertz CT molecular complexity index is 319. The maximum Gasteiger partial charge on any atom is 0.168 e. The van der Waals surface area contributed by atoms with E-state index in [0.717, 1.165) is 0 Å². The Labute approximate surface area is 82.4 Å². The van der Waals surface area contributed by atoms with E-state index in [0.29, 0.717) is 12.0 Å². The van der Waals surface area contributed by atoms with Crippen molar-refractivity contribution >= 4 is 5.78 Å². The fraction of sp³-hybridized carbons (Fsp3) is 0.364. The monoisotopic (exact) mass is 196 g/mol. The number of aliphatic hydroxyl groups excluding tert-OH is 1. The van der Waals surface area contributed by atoms with Crippen molar-refractivity contribution in [3.63, 3.8) is 0 Å². The van der Waals surface area contributed by atoms with Crippen LogP contribution in [-0.4, -0.2) is 17.5 Å². The summed E-state index contributed by atoms with van der Waals surface area (Å²) in [6, 6.07) is 5.54. The molecule has 0 aromatic heterocycles. The predicted octanol–water partition coefficient (Wildman–Crippen LogP) is 2.03. The van der Waals surface area contributed by atoms with E-state index < -0.39 is 11.7 Å². The predicted molar refractivity (Wildman–Crippen MR) is 51.6 cm³/mol. The van der Waals surface area contributed by atoms with E-state index in [4.69, 9.17) is 5.11 Å². The molecule has 2 nitrogen and oxygen atoms in total. The Morgan fingerprint density at radius 3 is 2.79 bits per heavy atom. The SMILES string of the molecule is CCC(CO)C(=O)c1cccc(F)c1. The molecule has 1 atom stereocenters. The van der Waals surface area contributed by atoms with Crippen LogP contribution in [0, 0.1) is 11.7 Å². The first-order valence-electron chi connectivity index (χ1n) is 4.59. The maximum atomic E-state index is 12.8. The number of ketones is 1. The molecule has 76 valence electrons. The molecule has 0 saturated heterocycles. The first-order valence-corrected chi connectivity index (χ1v) is 4.59. The van der Waals surface area contributed by atoms with E-state index in [-0.39, 0.29) is 12.4 Å². The zero-order valence-electron chi connectivity index (χ0n) is 8.03. The molecule has 0 fully saturated rings. The molecule has 14 heavy (non-hydrogen) atoms. The maximum absolute atomic E-state index is 12.8. The summed E-state index contributed by atoms with van der Waals surface area (Å²) in [7, 11) is 0. The van der Waals surface area contributed by atoms with Crippen LogP contribution in [0.3, 0.4) is 0 Å². The van der Waals surface area contributed by atoms with Crippen molar-refractivity contribution in [3.8, 4) is 0 Å². The molecule has 1 unspecified atom stereocenters. The van der Waals surface area contributed by atoms with Gasteiger partial charge in [-0.3, -0.25) is 4.79 Å². The number of aliphatic hydroxyl groups is 1. The Hall–Kier alpha value is -1.22. The molecule has 0 amide bonds. The summed E-state index contributed by atoms with van der Waals surface area (Å²) in [6.07, 6.45) is 0.561. The van der Waals surface area contributed by atoms with Gasteiger partial charge in [-0.25, -0.2) is 4.39 Å². The van der Waals surface area contributed by atoms with Crippen molar-refractivity contribution in [2.75, 3.05) is 6.61 Å². The lowest BCUT2D eigenvalue weighted by molar-refractivity contribution is 0.0856. The van der Waals surface area contributed by atoms with Crippen LogP contribution in [0.4, 0.5) is 4.39 Å². The molecule has 0 aliphatic rings. The van der Waals surface area contributed by atoms with Crippen LogP contribution < -0.4 is 0 Å². The molecule has 0 saturated carbocycles. The summed E-state index contributed by atoms with van der Waals surface area (Å²) < 4.78 is 12.8. The quantitative estimate of drug-likeness (QED) is 0.748. The molecule has 0 spiro atoms. The van der Waals surface area contributed by atoms with Gasteiger partial charge in [0.15, 0.2) is 5.78 Å². The van der Waals surface area contributed by atoms with Gasteiger partial charge in [0.05, 0.1) is 6.61 Å². The molecule has 1 N–H and O–H groups in total. The molecule has 0 radical (unpaired) electrons. The van der Waals surface area contributed by atoms with Gasteiger partial charge >= 0.3 is 0 Å². The van der Waals surface area contributed by atoms with Gasteiger partial charge in [0.1, 0.15) is 5.82 Å². The highest BCUT2D eigenvalue weighted by atomic mass is 19.1. The number of hydrogen-bond donors (Lipinski definition) is 1. The molecule has 0 aliphatic heterocycles. The van der Waals surface area contributed by atoms with Gasteiger partial charge in [-0.15, -0.1) is 0 Å². The molecular weight excluding hydrogens is 183 g/mol. The number of halogens is 1. The largest absolute Gasteiger partial charge is 0.396 e. The first kappa shape index (κ1) is 10.9. The van der Waals surface area contributed by atoms with Crippen LogP contribution in [-0.2, 0) is 0 Å². The summed E-state index contributed by atoms with van der Waals surface area (Å²) in [5, 5.41) is 8.91. The van der Waals surface area contributed by atoms with Crippen molar-refractivity contribution in [2.24, 2.45) is 5.92 Å². The van der Waals surface area contributed by atoms with E-state index in [1.54, 1.807) is 6.07 Å². The summed E-state index contributed by atoms with van der Waals surface area (Å²) in [6.45, 7) is 1.63. The lowest BCUT2D eigenvalue weighted by Gasteiger charge is -2.09. The summed E-state index contributed by atoms with van der Waals surface area (Å²) >= 11 is 0. The number of rotatable bonds is 4. The fourth-order valence-corrected chi connectivity index (χ4v) is 1.27. The standard InChI is InChI=1S/C11H13FO2/c1-2-8(7-13)11(14)9-4-3-5-10(12)6-9/h3-6,8,13H,2,7H2,1H3. The zero-order valence-corrected chi connectivity index (χ0v) is 8.03. The van der Waals surface area contributed by atoms with Gasteiger partial charge in [0, 0.05) is 11.5 Å². The third kappa shape index (κ3) is 2.39. The van der Waals surface area contributed by atoms with Crippen LogP contribution in [0.5, 0.6) is 0 Å². The average molecular weight is 196 g/mol. The molecule has 3 heteroatoms. The Kier molecular flexibility index (Phi) is 3.77. The average Bonchev–Trinajstić information content (AvgIpc) is 2.19. The number of carbonyl (C=O) groups is 1. The van der Waals surface area contributed by atoms with Crippen molar-refractivity contribution in [2.45, 2.75) is 13.3 Å². The van der Waals surface area contributed by atoms with E-state index in [9.17, 15) is 9.18 Å². The van der Waals surface area contributed by atoms with Crippen molar-refractivity contribution in [3.05, 3.63) is 35.6 Å². The second-order valence-electron chi connectivity index (χ2n) is 3.16. The van der Waals surface area contributed by atoms with Crippen LogP contribution in [0.2, 0.25) is 0 Å². The Morgan fingerprint density at radius 2 is 2.29 bits per heavy atom. The van der Waals surface area contributed by atoms with Gasteiger partial charge < -0.3 is 5.11 Å². The number of benzene rings is 1. The molecular formula is C11H13FO2.